The largest absolute Gasteiger partial charge is 0.497 e. The van der Waals surface area contributed by atoms with Crippen molar-refractivity contribution < 1.29 is 14.3 Å². The van der Waals surface area contributed by atoms with Gasteiger partial charge >= 0.3 is 0 Å². The fourth-order valence-corrected chi connectivity index (χ4v) is 2.60. The fourth-order valence-electron chi connectivity index (χ4n) is 2.33. The highest BCUT2D eigenvalue weighted by atomic mass is 79.9. The number of rotatable bonds is 6. The fraction of sp³-hybridized carbons (Fsp3) is 0.278. The molecule has 1 unspecified atom stereocenters. The molecule has 1 N–H and O–H groups in total. The van der Waals surface area contributed by atoms with Crippen LogP contribution in [0.15, 0.2) is 46.9 Å². The van der Waals surface area contributed by atoms with Crippen molar-refractivity contribution in [1.29, 1.82) is 0 Å². The minimum absolute atomic E-state index is 0.0299. The van der Waals surface area contributed by atoms with Crippen LogP contribution >= 0.6 is 15.9 Å². The van der Waals surface area contributed by atoms with Crippen LogP contribution < -0.4 is 14.8 Å². The molecular formula is C18H20BrNO3. The molecule has 2 aromatic rings. The number of methoxy groups -OCH3 is 2. The number of carbonyl (C=O) groups is 1. The average molecular weight is 378 g/mol. The zero-order chi connectivity index (χ0) is 16.8. The minimum atomic E-state index is -0.154. The number of ether oxygens (including phenoxy) is 2. The highest BCUT2D eigenvalue weighted by Gasteiger charge is 2.15. The van der Waals surface area contributed by atoms with Crippen molar-refractivity contribution >= 4 is 21.8 Å². The predicted octanol–water partition coefficient (Wildman–Crippen LogP) is 3.89. The predicted molar refractivity (Wildman–Crippen MR) is 93.9 cm³/mol. The van der Waals surface area contributed by atoms with Gasteiger partial charge < -0.3 is 14.8 Å². The van der Waals surface area contributed by atoms with Crippen LogP contribution in [0, 0.1) is 0 Å². The van der Waals surface area contributed by atoms with Gasteiger partial charge in [0, 0.05) is 16.1 Å². The van der Waals surface area contributed by atoms with Crippen molar-refractivity contribution in [3.05, 3.63) is 58.1 Å². The third kappa shape index (κ3) is 4.73. The summed E-state index contributed by atoms with van der Waals surface area (Å²) in [6, 6.07) is 13.1. The molecule has 0 heterocycles. The second-order valence-electron chi connectivity index (χ2n) is 5.20. The van der Waals surface area contributed by atoms with E-state index >= 15 is 0 Å². The van der Waals surface area contributed by atoms with E-state index in [4.69, 9.17) is 9.47 Å². The van der Waals surface area contributed by atoms with E-state index in [1.807, 2.05) is 49.4 Å². The number of nitrogens with one attached hydrogen (secondary N) is 1. The molecule has 0 saturated carbocycles. The van der Waals surface area contributed by atoms with E-state index in [1.54, 1.807) is 14.2 Å². The molecule has 2 rings (SSSR count). The van der Waals surface area contributed by atoms with Gasteiger partial charge in [-0.25, -0.2) is 0 Å². The molecule has 5 heteroatoms. The normalized spacial score (nSPS) is 11.7. The van der Waals surface area contributed by atoms with E-state index in [2.05, 4.69) is 21.2 Å². The Hall–Kier alpha value is -2.01. The van der Waals surface area contributed by atoms with E-state index in [1.165, 1.54) is 0 Å². The molecule has 0 aliphatic carbocycles. The van der Waals surface area contributed by atoms with Crippen LogP contribution in [0.3, 0.4) is 0 Å². The maximum Gasteiger partial charge on any atom is 0.224 e. The number of carbonyl (C=O) groups excluding carboxylic acids is 1. The van der Waals surface area contributed by atoms with Gasteiger partial charge in [0.15, 0.2) is 0 Å². The zero-order valence-electron chi connectivity index (χ0n) is 13.4. The summed E-state index contributed by atoms with van der Waals surface area (Å²) >= 11 is 3.39. The number of benzene rings is 2. The van der Waals surface area contributed by atoms with Crippen LogP contribution in [0.1, 0.15) is 24.1 Å². The maximum atomic E-state index is 12.2. The monoisotopic (exact) mass is 377 g/mol. The van der Waals surface area contributed by atoms with Crippen LogP contribution in [-0.2, 0) is 11.2 Å². The second kappa shape index (κ2) is 8.02. The first-order valence-corrected chi connectivity index (χ1v) is 8.08. The Morgan fingerprint density at radius 2 is 1.83 bits per heavy atom. The molecule has 0 spiro atoms. The Labute approximate surface area is 144 Å². The van der Waals surface area contributed by atoms with E-state index in [0.29, 0.717) is 12.2 Å². The van der Waals surface area contributed by atoms with Gasteiger partial charge in [-0.2, -0.15) is 0 Å². The van der Waals surface area contributed by atoms with Gasteiger partial charge in [0.1, 0.15) is 11.5 Å². The van der Waals surface area contributed by atoms with Gasteiger partial charge in [-0.1, -0.05) is 28.1 Å². The lowest BCUT2D eigenvalue weighted by molar-refractivity contribution is -0.121. The molecule has 2 aromatic carbocycles. The van der Waals surface area contributed by atoms with Gasteiger partial charge in [-0.3, -0.25) is 4.79 Å². The Bertz CT molecular complexity index is 670. The first kappa shape index (κ1) is 17.3. The highest BCUT2D eigenvalue weighted by Crippen LogP contribution is 2.29. The second-order valence-corrected chi connectivity index (χ2v) is 6.12. The van der Waals surface area contributed by atoms with Crippen molar-refractivity contribution in [2.24, 2.45) is 0 Å². The summed E-state index contributed by atoms with van der Waals surface area (Å²) in [6.07, 6.45) is 0.343. The first-order valence-electron chi connectivity index (χ1n) is 7.29. The third-order valence-electron chi connectivity index (χ3n) is 3.56. The number of hydrogen-bond donors (Lipinski definition) is 1. The molecule has 0 bridgehead atoms. The molecule has 0 aliphatic heterocycles. The molecule has 122 valence electrons. The van der Waals surface area contributed by atoms with Crippen molar-refractivity contribution in [2.75, 3.05) is 14.2 Å². The van der Waals surface area contributed by atoms with Crippen LogP contribution in [0.5, 0.6) is 11.5 Å². The lowest BCUT2D eigenvalue weighted by Gasteiger charge is -2.18. The maximum absolute atomic E-state index is 12.2. The summed E-state index contributed by atoms with van der Waals surface area (Å²) in [7, 11) is 3.21. The SMILES string of the molecule is COc1ccc(C(C)NC(=O)Cc2ccc(Br)cc2)c(OC)c1. The average Bonchev–Trinajstić information content (AvgIpc) is 2.56. The van der Waals surface area contributed by atoms with Crippen LogP contribution in [-0.4, -0.2) is 20.1 Å². The quantitative estimate of drug-likeness (QED) is 0.830. The van der Waals surface area contributed by atoms with Gasteiger partial charge in [-0.15, -0.1) is 0 Å². The van der Waals surface area contributed by atoms with Gasteiger partial charge in [0.05, 0.1) is 26.7 Å². The standard InChI is InChI=1S/C18H20BrNO3/c1-12(16-9-8-15(22-2)11-17(16)23-3)20-18(21)10-13-4-6-14(19)7-5-13/h4-9,11-12H,10H2,1-3H3,(H,20,21). The molecule has 1 atom stereocenters. The Morgan fingerprint density at radius 1 is 1.13 bits per heavy atom. The summed E-state index contributed by atoms with van der Waals surface area (Å²) in [5, 5.41) is 3.00. The molecular weight excluding hydrogens is 358 g/mol. The smallest absolute Gasteiger partial charge is 0.224 e. The molecule has 0 saturated heterocycles. The van der Waals surface area contributed by atoms with Crippen LogP contribution in [0.4, 0.5) is 0 Å². The minimum Gasteiger partial charge on any atom is -0.497 e. The van der Waals surface area contributed by atoms with Gasteiger partial charge in [0.25, 0.3) is 0 Å². The Balaban J connectivity index is 2.04. The zero-order valence-corrected chi connectivity index (χ0v) is 15.0. The number of amides is 1. The van der Waals surface area contributed by atoms with Crippen molar-refractivity contribution in [2.45, 2.75) is 19.4 Å². The van der Waals surface area contributed by atoms with Crippen LogP contribution in [0.25, 0.3) is 0 Å². The molecule has 0 aliphatic rings. The molecule has 0 radical (unpaired) electrons. The molecule has 0 fully saturated rings. The summed E-state index contributed by atoms with van der Waals surface area (Å²) < 4.78 is 11.6. The summed E-state index contributed by atoms with van der Waals surface area (Å²) in [5.74, 6) is 1.39. The van der Waals surface area contributed by atoms with Gasteiger partial charge in [0.2, 0.25) is 5.91 Å². The molecule has 23 heavy (non-hydrogen) atoms. The third-order valence-corrected chi connectivity index (χ3v) is 4.09. The van der Waals surface area contributed by atoms with E-state index < -0.39 is 0 Å². The van der Waals surface area contributed by atoms with E-state index in [9.17, 15) is 4.79 Å². The number of hydrogen-bond acceptors (Lipinski definition) is 3. The molecule has 0 aromatic heterocycles. The van der Waals surface area contributed by atoms with Crippen LogP contribution in [0.2, 0.25) is 0 Å². The number of halogens is 1. The van der Waals surface area contributed by atoms with Crippen molar-refractivity contribution in [1.82, 2.24) is 5.32 Å². The van der Waals surface area contributed by atoms with E-state index in [0.717, 1.165) is 21.3 Å². The van der Waals surface area contributed by atoms with Crippen molar-refractivity contribution in [3.8, 4) is 11.5 Å². The van der Waals surface area contributed by atoms with Crippen molar-refractivity contribution in [3.63, 3.8) is 0 Å². The summed E-state index contributed by atoms with van der Waals surface area (Å²) in [5.41, 5.74) is 1.89. The van der Waals surface area contributed by atoms with Gasteiger partial charge in [-0.05, 0) is 36.8 Å². The Morgan fingerprint density at radius 3 is 2.43 bits per heavy atom. The Kier molecular flexibility index (Phi) is 6.04. The highest BCUT2D eigenvalue weighted by molar-refractivity contribution is 9.10. The van der Waals surface area contributed by atoms with E-state index in [-0.39, 0.29) is 11.9 Å². The topological polar surface area (TPSA) is 47.6 Å². The summed E-state index contributed by atoms with van der Waals surface area (Å²) in [4.78, 5) is 12.2. The lowest BCUT2D eigenvalue weighted by Crippen LogP contribution is -2.28. The lowest BCUT2D eigenvalue weighted by atomic mass is 10.1. The molecule has 1 amide bonds. The molecule has 4 nitrogen and oxygen atoms in total. The summed E-state index contributed by atoms with van der Waals surface area (Å²) in [6.45, 7) is 1.93. The first-order chi connectivity index (χ1) is 11.0.